The highest BCUT2D eigenvalue weighted by Crippen LogP contribution is 2.32. The molecule has 1 aliphatic rings. The van der Waals surface area contributed by atoms with E-state index in [0.29, 0.717) is 0 Å². The summed E-state index contributed by atoms with van der Waals surface area (Å²) in [4.78, 5) is 4.71. The van der Waals surface area contributed by atoms with Crippen molar-refractivity contribution in [2.45, 2.75) is 13.0 Å². The highest BCUT2D eigenvalue weighted by atomic mass is 15.3. The quantitative estimate of drug-likeness (QED) is 0.939. The van der Waals surface area contributed by atoms with E-state index in [1.165, 1.54) is 22.5 Å². The van der Waals surface area contributed by atoms with Gasteiger partial charge in [-0.3, -0.25) is 0 Å². The van der Waals surface area contributed by atoms with E-state index in [-0.39, 0.29) is 6.04 Å². The van der Waals surface area contributed by atoms with Crippen LogP contribution in [-0.2, 0) is 0 Å². The first kappa shape index (κ1) is 14.0. The number of fused-ring (bicyclic) bond motifs is 1. The summed E-state index contributed by atoms with van der Waals surface area (Å²) < 4.78 is 0. The molecule has 0 saturated carbocycles. The minimum absolute atomic E-state index is 0.0436. The van der Waals surface area contributed by atoms with Crippen molar-refractivity contribution in [3.63, 3.8) is 0 Å². The maximum Gasteiger partial charge on any atom is 0.0605 e. The molecule has 3 heteroatoms. The van der Waals surface area contributed by atoms with Gasteiger partial charge in [-0.25, -0.2) is 0 Å². The van der Waals surface area contributed by atoms with Gasteiger partial charge in [-0.15, -0.1) is 0 Å². The van der Waals surface area contributed by atoms with E-state index in [0.717, 1.165) is 19.6 Å². The van der Waals surface area contributed by atoms with Gasteiger partial charge in [0.2, 0.25) is 0 Å². The zero-order valence-corrected chi connectivity index (χ0v) is 12.8. The van der Waals surface area contributed by atoms with Crippen LogP contribution < -0.4 is 15.5 Å². The van der Waals surface area contributed by atoms with Crippen LogP contribution in [0.1, 0.15) is 17.2 Å². The van der Waals surface area contributed by atoms with Crippen molar-refractivity contribution in [1.82, 2.24) is 0 Å². The summed E-state index contributed by atoms with van der Waals surface area (Å²) in [6.07, 6.45) is 0. The number of nitrogens with zero attached hydrogens (tertiary/aromatic N) is 2. The maximum absolute atomic E-state index is 6.41. The fraction of sp³-hybridized carbons (Fsp3) is 0.333. The molecule has 1 atom stereocenters. The standard InChI is InChI=1S/C18H23N3/c1-14-7-9-15(10-8-14)16(19)13-21-12-11-20(2)17-5-3-4-6-18(17)21/h3-10,16H,11-13,19H2,1-2H3. The Labute approximate surface area is 127 Å². The van der Waals surface area contributed by atoms with Gasteiger partial charge < -0.3 is 15.5 Å². The molecule has 0 fully saturated rings. The summed E-state index contributed by atoms with van der Waals surface area (Å²) in [7, 11) is 2.15. The molecule has 1 unspecified atom stereocenters. The van der Waals surface area contributed by atoms with E-state index < -0.39 is 0 Å². The van der Waals surface area contributed by atoms with Gasteiger partial charge in [-0.2, -0.15) is 0 Å². The zero-order valence-electron chi connectivity index (χ0n) is 12.8. The Kier molecular flexibility index (Phi) is 3.84. The second-order valence-electron chi connectivity index (χ2n) is 5.87. The van der Waals surface area contributed by atoms with Crippen LogP contribution in [0.15, 0.2) is 48.5 Å². The molecule has 2 aromatic carbocycles. The molecule has 0 amide bonds. The van der Waals surface area contributed by atoms with E-state index in [1.807, 2.05) is 0 Å². The number of rotatable bonds is 3. The summed E-state index contributed by atoms with van der Waals surface area (Å²) >= 11 is 0. The first-order valence-electron chi connectivity index (χ1n) is 7.52. The summed E-state index contributed by atoms with van der Waals surface area (Å²) in [5, 5.41) is 0. The second kappa shape index (κ2) is 5.78. The molecule has 0 aromatic heterocycles. The number of nitrogens with two attached hydrogens (primary N) is 1. The van der Waals surface area contributed by atoms with Gasteiger partial charge in [0.1, 0.15) is 0 Å². The molecular formula is C18H23N3. The Hall–Kier alpha value is -2.00. The molecule has 0 saturated heterocycles. The highest BCUT2D eigenvalue weighted by molar-refractivity contribution is 5.73. The second-order valence-corrected chi connectivity index (χ2v) is 5.87. The predicted octanol–water partition coefficient (Wildman–Crippen LogP) is 2.95. The number of hydrogen-bond acceptors (Lipinski definition) is 3. The minimum atomic E-state index is 0.0436. The molecule has 3 nitrogen and oxygen atoms in total. The third kappa shape index (κ3) is 2.88. The van der Waals surface area contributed by atoms with Crippen LogP contribution in [0.3, 0.4) is 0 Å². The Morgan fingerprint density at radius 3 is 2.38 bits per heavy atom. The molecule has 1 aliphatic heterocycles. The summed E-state index contributed by atoms with van der Waals surface area (Å²) in [5.74, 6) is 0. The summed E-state index contributed by atoms with van der Waals surface area (Å²) in [5.41, 5.74) is 11.5. The summed E-state index contributed by atoms with van der Waals surface area (Å²) in [6.45, 7) is 5.02. The van der Waals surface area contributed by atoms with Gasteiger partial charge in [-0.1, -0.05) is 42.0 Å². The first-order valence-corrected chi connectivity index (χ1v) is 7.52. The molecule has 110 valence electrons. The Bertz CT molecular complexity index is 606. The van der Waals surface area contributed by atoms with E-state index in [4.69, 9.17) is 5.73 Å². The molecule has 0 aliphatic carbocycles. The van der Waals surface area contributed by atoms with Crippen molar-refractivity contribution in [3.05, 3.63) is 59.7 Å². The number of anilines is 2. The van der Waals surface area contributed by atoms with Crippen LogP contribution in [0.25, 0.3) is 0 Å². The van der Waals surface area contributed by atoms with Gasteiger partial charge in [0, 0.05) is 32.7 Å². The fourth-order valence-corrected chi connectivity index (χ4v) is 2.91. The first-order chi connectivity index (χ1) is 10.1. The molecule has 2 N–H and O–H groups in total. The minimum Gasteiger partial charge on any atom is -0.371 e. The van der Waals surface area contributed by atoms with E-state index in [9.17, 15) is 0 Å². The number of likely N-dealkylation sites (N-methyl/N-ethyl adjacent to an activating group) is 1. The van der Waals surface area contributed by atoms with Gasteiger partial charge >= 0.3 is 0 Å². The number of hydrogen-bond donors (Lipinski definition) is 1. The lowest BCUT2D eigenvalue weighted by molar-refractivity contribution is 0.647. The van der Waals surface area contributed by atoms with Crippen molar-refractivity contribution in [3.8, 4) is 0 Å². The van der Waals surface area contributed by atoms with Crippen LogP contribution >= 0.6 is 0 Å². The molecule has 2 aromatic rings. The molecule has 1 heterocycles. The summed E-state index contributed by atoms with van der Waals surface area (Å²) in [6, 6.07) is 17.2. The van der Waals surface area contributed by atoms with Crippen LogP contribution in [0.2, 0.25) is 0 Å². The molecule has 0 radical (unpaired) electrons. The third-order valence-corrected chi connectivity index (χ3v) is 4.26. The van der Waals surface area contributed by atoms with Crippen molar-refractivity contribution in [2.24, 2.45) is 5.73 Å². The average molecular weight is 281 g/mol. The Balaban J connectivity index is 1.79. The topological polar surface area (TPSA) is 32.5 Å². The number of para-hydroxylation sites is 2. The molecular weight excluding hydrogens is 258 g/mol. The van der Waals surface area contributed by atoms with E-state index in [1.54, 1.807) is 0 Å². The van der Waals surface area contributed by atoms with E-state index in [2.05, 4.69) is 72.3 Å². The third-order valence-electron chi connectivity index (χ3n) is 4.26. The van der Waals surface area contributed by atoms with Gasteiger partial charge in [-0.05, 0) is 24.6 Å². The van der Waals surface area contributed by atoms with Crippen LogP contribution in [0.4, 0.5) is 11.4 Å². The SMILES string of the molecule is Cc1ccc(C(N)CN2CCN(C)c3ccccc32)cc1. The van der Waals surface area contributed by atoms with Crippen molar-refractivity contribution in [1.29, 1.82) is 0 Å². The maximum atomic E-state index is 6.41. The largest absolute Gasteiger partial charge is 0.371 e. The zero-order chi connectivity index (χ0) is 14.8. The van der Waals surface area contributed by atoms with Crippen LogP contribution in [-0.4, -0.2) is 26.7 Å². The van der Waals surface area contributed by atoms with Crippen LogP contribution in [0, 0.1) is 6.92 Å². The lowest BCUT2D eigenvalue weighted by Crippen LogP contribution is -2.42. The van der Waals surface area contributed by atoms with Gasteiger partial charge in [0.15, 0.2) is 0 Å². The van der Waals surface area contributed by atoms with E-state index >= 15 is 0 Å². The van der Waals surface area contributed by atoms with Gasteiger partial charge in [0.25, 0.3) is 0 Å². The number of benzene rings is 2. The lowest BCUT2D eigenvalue weighted by Gasteiger charge is -2.38. The Morgan fingerprint density at radius 2 is 1.67 bits per heavy atom. The monoisotopic (exact) mass is 281 g/mol. The lowest BCUT2D eigenvalue weighted by atomic mass is 10.0. The van der Waals surface area contributed by atoms with Gasteiger partial charge in [0.05, 0.1) is 11.4 Å². The molecule has 21 heavy (non-hydrogen) atoms. The molecule has 3 rings (SSSR count). The van der Waals surface area contributed by atoms with Crippen molar-refractivity contribution in [2.75, 3.05) is 36.5 Å². The van der Waals surface area contributed by atoms with Crippen molar-refractivity contribution < 1.29 is 0 Å². The van der Waals surface area contributed by atoms with Crippen LogP contribution in [0.5, 0.6) is 0 Å². The highest BCUT2D eigenvalue weighted by Gasteiger charge is 2.21. The van der Waals surface area contributed by atoms with Crippen molar-refractivity contribution >= 4 is 11.4 Å². The molecule has 0 spiro atoms. The smallest absolute Gasteiger partial charge is 0.0605 e. The Morgan fingerprint density at radius 1 is 1.00 bits per heavy atom. The fourth-order valence-electron chi connectivity index (χ4n) is 2.91. The predicted molar refractivity (Wildman–Crippen MR) is 90.0 cm³/mol. The average Bonchev–Trinajstić information content (AvgIpc) is 2.51. The number of aryl methyl sites for hydroxylation is 1. The molecule has 0 bridgehead atoms. The normalized spacial score (nSPS) is 15.8.